The van der Waals surface area contributed by atoms with E-state index in [2.05, 4.69) is 21.3 Å². The van der Waals surface area contributed by atoms with Gasteiger partial charge in [-0.1, -0.05) is 6.07 Å². The lowest BCUT2D eigenvalue weighted by atomic mass is 10.0. The van der Waals surface area contributed by atoms with Gasteiger partial charge in [-0.2, -0.15) is 0 Å². The number of aromatic nitrogens is 1. The second kappa shape index (κ2) is 8.56. The number of carbonyl (C=O) groups excluding carboxylic acids is 2. The number of H-pyrrole nitrogens is 1. The highest BCUT2D eigenvalue weighted by Gasteiger charge is 2.25. The Morgan fingerprint density at radius 2 is 1.90 bits per heavy atom. The van der Waals surface area contributed by atoms with E-state index in [9.17, 15) is 9.59 Å². The average Bonchev–Trinajstić information content (AvgIpc) is 3.47. The van der Waals surface area contributed by atoms with Crippen LogP contribution in [0, 0.1) is 0 Å². The number of aromatic amines is 1. The molecule has 2 N–H and O–H groups in total. The van der Waals surface area contributed by atoms with E-state index in [1.54, 1.807) is 4.90 Å². The molecule has 0 bridgehead atoms. The highest BCUT2D eigenvalue weighted by molar-refractivity contribution is 6.34. The Balaban J connectivity index is 1.31. The first kappa shape index (κ1) is 19.8. The normalized spacial score (nSPS) is 20.3. The molecule has 2 aromatic rings. The minimum absolute atomic E-state index is 0.0976. The van der Waals surface area contributed by atoms with Crippen molar-refractivity contribution in [2.45, 2.75) is 13.0 Å². The monoisotopic (exact) mass is 422 g/mol. The molecule has 8 heteroatoms. The van der Waals surface area contributed by atoms with Gasteiger partial charge in [0.15, 0.2) is 0 Å². The van der Waals surface area contributed by atoms with E-state index in [1.165, 1.54) is 5.56 Å². The zero-order valence-corrected chi connectivity index (χ0v) is 17.4. The second-order valence-electron chi connectivity index (χ2n) is 8.10. The molecule has 162 valence electrons. The van der Waals surface area contributed by atoms with E-state index in [0.29, 0.717) is 25.3 Å². The zero-order chi connectivity index (χ0) is 21.2. The molecule has 1 aromatic heterocycles. The number of carbonyl (C=O) groups is 2. The van der Waals surface area contributed by atoms with Crippen molar-refractivity contribution in [3.05, 3.63) is 52.8 Å². The van der Waals surface area contributed by atoms with Gasteiger partial charge in [-0.25, -0.2) is 4.79 Å². The predicted molar refractivity (Wildman–Crippen MR) is 116 cm³/mol. The van der Waals surface area contributed by atoms with Gasteiger partial charge in [-0.3, -0.25) is 9.69 Å². The molecule has 2 saturated heterocycles. The van der Waals surface area contributed by atoms with E-state index in [1.807, 2.05) is 30.5 Å². The number of amides is 2. The van der Waals surface area contributed by atoms with Gasteiger partial charge in [0.1, 0.15) is 6.61 Å². The fourth-order valence-electron chi connectivity index (χ4n) is 4.23. The van der Waals surface area contributed by atoms with Crippen LogP contribution in [0.3, 0.4) is 0 Å². The summed E-state index contributed by atoms with van der Waals surface area (Å²) < 4.78 is 10.4. The smallest absolute Gasteiger partial charge is 0.409 e. The maximum absolute atomic E-state index is 12.6. The summed E-state index contributed by atoms with van der Waals surface area (Å²) in [5, 5.41) is 2.94. The van der Waals surface area contributed by atoms with Crippen molar-refractivity contribution >= 4 is 29.3 Å². The lowest BCUT2D eigenvalue weighted by Gasteiger charge is -2.25. The number of benzene rings is 1. The molecule has 8 nitrogen and oxygen atoms in total. The molecule has 0 radical (unpaired) electrons. The molecule has 0 aliphatic carbocycles. The lowest BCUT2D eigenvalue weighted by molar-refractivity contribution is -0.110. The van der Waals surface area contributed by atoms with Crippen molar-refractivity contribution < 1.29 is 19.1 Å². The van der Waals surface area contributed by atoms with Crippen LogP contribution in [0.4, 0.5) is 10.5 Å². The molecule has 0 spiro atoms. The van der Waals surface area contributed by atoms with Crippen LogP contribution >= 0.6 is 0 Å². The fraction of sp³-hybridized carbons (Fsp3) is 0.391. The summed E-state index contributed by atoms with van der Waals surface area (Å²) >= 11 is 0. The number of nitrogens with one attached hydrogen (secondary N) is 2. The molecular weight excluding hydrogens is 396 g/mol. The van der Waals surface area contributed by atoms with Crippen molar-refractivity contribution in [3.8, 4) is 0 Å². The van der Waals surface area contributed by atoms with E-state index < -0.39 is 0 Å². The van der Waals surface area contributed by atoms with Gasteiger partial charge in [-0.15, -0.1) is 0 Å². The van der Waals surface area contributed by atoms with Crippen LogP contribution in [0.2, 0.25) is 0 Å². The Morgan fingerprint density at radius 1 is 1.03 bits per heavy atom. The third-order valence-corrected chi connectivity index (χ3v) is 5.96. The van der Waals surface area contributed by atoms with Crippen molar-refractivity contribution in [1.82, 2.24) is 14.8 Å². The lowest BCUT2D eigenvalue weighted by Crippen LogP contribution is -2.35. The molecular formula is C23H26N4O4. The molecule has 3 aliphatic rings. The van der Waals surface area contributed by atoms with Gasteiger partial charge in [-0.05, 0) is 41.8 Å². The van der Waals surface area contributed by atoms with Crippen LogP contribution in [0.5, 0.6) is 0 Å². The van der Waals surface area contributed by atoms with Crippen molar-refractivity contribution in [2.24, 2.45) is 0 Å². The topological polar surface area (TPSA) is 86.9 Å². The Morgan fingerprint density at radius 3 is 2.71 bits per heavy atom. The van der Waals surface area contributed by atoms with Crippen LogP contribution in [-0.4, -0.2) is 72.8 Å². The van der Waals surface area contributed by atoms with Gasteiger partial charge in [0.05, 0.1) is 25.3 Å². The molecule has 3 aliphatic heterocycles. The number of hydrogen-bond donors (Lipinski definition) is 2. The molecule has 0 saturated carbocycles. The number of ether oxygens (including phenoxy) is 2. The summed E-state index contributed by atoms with van der Waals surface area (Å²) in [6.45, 7) is 6.00. The van der Waals surface area contributed by atoms with E-state index in [0.717, 1.165) is 61.8 Å². The minimum Gasteiger partial charge on any atom is -0.448 e. The largest absolute Gasteiger partial charge is 0.448 e. The van der Waals surface area contributed by atoms with Gasteiger partial charge < -0.3 is 24.7 Å². The zero-order valence-electron chi connectivity index (χ0n) is 17.4. The Bertz CT molecular complexity index is 1020. The molecule has 2 amide bonds. The maximum Gasteiger partial charge on any atom is 0.409 e. The van der Waals surface area contributed by atoms with Crippen molar-refractivity contribution in [1.29, 1.82) is 0 Å². The molecule has 31 heavy (non-hydrogen) atoms. The van der Waals surface area contributed by atoms with Crippen LogP contribution in [0.25, 0.3) is 11.6 Å². The Kier molecular flexibility index (Phi) is 5.48. The quantitative estimate of drug-likeness (QED) is 0.698. The number of hydrogen-bond acceptors (Lipinski definition) is 5. The summed E-state index contributed by atoms with van der Waals surface area (Å²) in [4.78, 5) is 31.6. The third kappa shape index (κ3) is 4.35. The number of nitrogens with zero attached hydrogens (tertiary/aromatic N) is 2. The first-order valence-electron chi connectivity index (χ1n) is 10.7. The summed E-state index contributed by atoms with van der Waals surface area (Å²) in [6.07, 6.45) is 4.38. The SMILES string of the molecule is O=C1Nc2ccc(CCN3CCOC3=O)cc2C1=Cc1cc(CN2CCOCC2)c[nH]1. The highest BCUT2D eigenvalue weighted by atomic mass is 16.6. The molecule has 5 rings (SSSR count). The van der Waals surface area contributed by atoms with E-state index >= 15 is 0 Å². The van der Waals surface area contributed by atoms with Gasteiger partial charge in [0, 0.05) is 49.3 Å². The highest BCUT2D eigenvalue weighted by Crippen LogP contribution is 2.34. The number of morpholine rings is 1. The summed E-state index contributed by atoms with van der Waals surface area (Å²) in [5.74, 6) is -0.0976. The number of anilines is 1. The first-order chi connectivity index (χ1) is 15.2. The van der Waals surface area contributed by atoms with E-state index in [-0.39, 0.29) is 12.0 Å². The van der Waals surface area contributed by atoms with Crippen LogP contribution in [-0.2, 0) is 27.2 Å². The molecule has 1 aromatic carbocycles. The predicted octanol–water partition coefficient (Wildman–Crippen LogP) is 2.33. The summed E-state index contributed by atoms with van der Waals surface area (Å²) in [6, 6.07) is 8.07. The molecule has 0 atom stereocenters. The summed E-state index contributed by atoms with van der Waals surface area (Å²) in [7, 11) is 0. The maximum atomic E-state index is 12.6. The van der Waals surface area contributed by atoms with Crippen molar-refractivity contribution in [2.75, 3.05) is 51.3 Å². The second-order valence-corrected chi connectivity index (χ2v) is 8.10. The average molecular weight is 422 g/mol. The number of cyclic esters (lactones) is 1. The molecule has 2 fully saturated rings. The molecule has 4 heterocycles. The minimum atomic E-state index is -0.252. The fourth-order valence-corrected chi connectivity index (χ4v) is 4.23. The van der Waals surface area contributed by atoms with Gasteiger partial charge in [0.2, 0.25) is 0 Å². The van der Waals surface area contributed by atoms with Crippen molar-refractivity contribution in [3.63, 3.8) is 0 Å². The molecule has 0 unspecified atom stereocenters. The third-order valence-electron chi connectivity index (χ3n) is 5.96. The summed E-state index contributed by atoms with van der Waals surface area (Å²) in [5.41, 5.74) is 5.55. The van der Waals surface area contributed by atoms with Crippen LogP contribution in [0.1, 0.15) is 22.4 Å². The van der Waals surface area contributed by atoms with Crippen LogP contribution in [0.15, 0.2) is 30.5 Å². The van der Waals surface area contributed by atoms with E-state index in [4.69, 9.17) is 9.47 Å². The van der Waals surface area contributed by atoms with Gasteiger partial charge >= 0.3 is 6.09 Å². The number of fused-ring (bicyclic) bond motifs is 1. The van der Waals surface area contributed by atoms with Crippen LogP contribution < -0.4 is 5.32 Å². The number of rotatable bonds is 6. The first-order valence-corrected chi connectivity index (χ1v) is 10.7. The Hall–Kier alpha value is -3.10. The Labute approximate surface area is 180 Å². The van der Waals surface area contributed by atoms with Gasteiger partial charge in [0.25, 0.3) is 5.91 Å². The standard InChI is InChI=1S/C23H26N4O4/c28-22-20(13-18-11-17(14-24-18)15-26-5-8-30-9-6-26)19-12-16(1-2-21(19)25-22)3-4-27-7-10-31-23(27)29/h1-2,11-14,24H,3-10,15H2,(H,25,28).